The van der Waals surface area contributed by atoms with Crippen LogP contribution in [0.15, 0.2) is 59.1 Å². The van der Waals surface area contributed by atoms with Gasteiger partial charge in [-0.1, -0.05) is 17.3 Å². The molecular formula is C20H18N6O4. The minimum Gasteiger partial charge on any atom is -0.372 e. The van der Waals surface area contributed by atoms with E-state index < -0.39 is 6.03 Å². The largest absolute Gasteiger partial charge is 0.372 e. The molecule has 2 heterocycles. The highest BCUT2D eigenvalue weighted by molar-refractivity contribution is 5.97. The number of benzene rings is 2. The summed E-state index contributed by atoms with van der Waals surface area (Å²) in [5.74, 6) is 1.26. The van der Waals surface area contributed by atoms with Gasteiger partial charge in [0.1, 0.15) is 11.3 Å². The number of amides is 3. The van der Waals surface area contributed by atoms with Crippen molar-refractivity contribution < 1.29 is 18.9 Å². The number of nitrogens with zero attached hydrogens (tertiary/aromatic N) is 4. The zero-order valence-electron chi connectivity index (χ0n) is 16.2. The van der Waals surface area contributed by atoms with Crippen molar-refractivity contribution in [2.24, 2.45) is 5.73 Å². The molecule has 0 spiro atoms. The maximum Gasteiger partial charge on any atom is 0.325 e. The number of para-hydroxylation sites is 2. The van der Waals surface area contributed by atoms with Crippen molar-refractivity contribution in [2.45, 2.75) is 13.8 Å². The van der Waals surface area contributed by atoms with E-state index in [1.54, 1.807) is 37.3 Å². The number of rotatable bonds is 5. The molecule has 0 aliphatic heterocycles. The van der Waals surface area contributed by atoms with E-state index in [1.165, 1.54) is 16.6 Å². The van der Waals surface area contributed by atoms with E-state index in [1.807, 2.05) is 24.3 Å². The Morgan fingerprint density at radius 1 is 1.17 bits per heavy atom. The molecule has 2 aromatic carbocycles. The van der Waals surface area contributed by atoms with Crippen molar-refractivity contribution in [3.05, 3.63) is 60.4 Å². The molecule has 10 heteroatoms. The number of hydrogen-bond acceptors (Lipinski definition) is 6. The van der Waals surface area contributed by atoms with Crippen LogP contribution in [-0.4, -0.2) is 26.8 Å². The number of aromatic nitrogens is 3. The molecule has 0 aliphatic carbocycles. The Balaban J connectivity index is 1.65. The van der Waals surface area contributed by atoms with Crippen molar-refractivity contribution in [3.8, 4) is 5.75 Å². The van der Waals surface area contributed by atoms with Crippen molar-refractivity contribution in [3.63, 3.8) is 0 Å². The molecule has 30 heavy (non-hydrogen) atoms. The highest BCUT2D eigenvalue weighted by Crippen LogP contribution is 2.28. The average molecular weight is 406 g/mol. The summed E-state index contributed by atoms with van der Waals surface area (Å²) in [5.41, 5.74) is 7.34. The van der Waals surface area contributed by atoms with Crippen LogP contribution in [0.25, 0.3) is 11.0 Å². The molecular weight excluding hydrogens is 388 g/mol. The Morgan fingerprint density at radius 3 is 2.53 bits per heavy atom. The van der Waals surface area contributed by atoms with E-state index in [-0.39, 0.29) is 17.7 Å². The van der Waals surface area contributed by atoms with Crippen molar-refractivity contribution >= 4 is 40.4 Å². The summed E-state index contributed by atoms with van der Waals surface area (Å²) in [6.07, 6.45) is 0. The number of anilines is 3. The molecule has 4 aromatic rings. The molecule has 0 unspecified atom stereocenters. The average Bonchev–Trinajstić information content (AvgIpc) is 3.26. The van der Waals surface area contributed by atoms with E-state index in [0.717, 1.165) is 0 Å². The maximum absolute atomic E-state index is 11.9. The molecule has 0 aliphatic rings. The smallest absolute Gasteiger partial charge is 0.325 e. The maximum atomic E-state index is 11.9. The van der Waals surface area contributed by atoms with Gasteiger partial charge in [0.2, 0.25) is 11.9 Å². The highest BCUT2D eigenvalue weighted by atomic mass is 16.7. The normalized spacial score (nSPS) is 10.7. The third-order valence-electron chi connectivity index (χ3n) is 4.16. The van der Waals surface area contributed by atoms with Crippen LogP contribution in [0, 0.1) is 6.92 Å². The number of urea groups is 1. The van der Waals surface area contributed by atoms with Gasteiger partial charge in [0.05, 0.1) is 11.2 Å². The molecule has 0 saturated heterocycles. The number of primary amides is 1. The summed E-state index contributed by atoms with van der Waals surface area (Å²) in [7, 11) is 0. The fourth-order valence-corrected chi connectivity index (χ4v) is 2.93. The van der Waals surface area contributed by atoms with Crippen molar-refractivity contribution in [1.82, 2.24) is 14.9 Å². The van der Waals surface area contributed by atoms with Crippen LogP contribution in [0.3, 0.4) is 0 Å². The van der Waals surface area contributed by atoms with Crippen LogP contribution >= 0.6 is 0 Å². The van der Waals surface area contributed by atoms with E-state index in [2.05, 4.69) is 15.5 Å². The van der Waals surface area contributed by atoms with Gasteiger partial charge >= 0.3 is 6.03 Å². The number of carbonyl (C=O) groups excluding carboxylic acids is 2. The number of nitrogens with two attached hydrogens (primary N) is 1. The SMILES string of the molecule is CC(=O)Nc1nc2ccccc2n1Oc1ccc(N(C(N)=O)c2cc(C)on2)cc1. The fourth-order valence-electron chi connectivity index (χ4n) is 2.93. The van der Waals surface area contributed by atoms with Crippen molar-refractivity contribution in [1.29, 1.82) is 0 Å². The molecule has 152 valence electrons. The van der Waals surface area contributed by atoms with Gasteiger partial charge in [0.25, 0.3) is 0 Å². The predicted octanol–water partition coefficient (Wildman–Crippen LogP) is 3.35. The summed E-state index contributed by atoms with van der Waals surface area (Å²) < 4.78 is 6.46. The summed E-state index contributed by atoms with van der Waals surface area (Å²) in [6, 6.07) is 14.8. The number of imidazole rings is 1. The van der Waals surface area contributed by atoms with Gasteiger partial charge in [0, 0.05) is 13.0 Å². The minimum atomic E-state index is -0.703. The summed E-state index contributed by atoms with van der Waals surface area (Å²) in [6.45, 7) is 3.11. The second-order valence-electron chi connectivity index (χ2n) is 6.45. The topological polar surface area (TPSA) is 129 Å². The van der Waals surface area contributed by atoms with Gasteiger partial charge < -0.3 is 15.1 Å². The first kappa shape index (κ1) is 19.0. The number of hydrogen-bond donors (Lipinski definition) is 2. The Kier molecular flexibility index (Phi) is 4.80. The van der Waals surface area contributed by atoms with Gasteiger partial charge in [-0.3, -0.25) is 10.1 Å². The lowest BCUT2D eigenvalue weighted by Gasteiger charge is -2.17. The molecule has 0 radical (unpaired) electrons. The molecule has 0 fully saturated rings. The molecule has 3 amide bonds. The monoisotopic (exact) mass is 406 g/mol. The Bertz CT molecular complexity index is 1230. The van der Waals surface area contributed by atoms with Gasteiger partial charge in [-0.25, -0.2) is 14.7 Å². The third-order valence-corrected chi connectivity index (χ3v) is 4.16. The van der Waals surface area contributed by atoms with Gasteiger partial charge in [-0.15, -0.1) is 4.73 Å². The van der Waals surface area contributed by atoms with Crippen LogP contribution in [0.1, 0.15) is 12.7 Å². The third kappa shape index (κ3) is 3.65. The molecule has 0 atom stereocenters. The van der Waals surface area contributed by atoms with Crippen LogP contribution in [0.4, 0.5) is 22.2 Å². The Hall–Kier alpha value is -4.34. The predicted molar refractivity (Wildman–Crippen MR) is 109 cm³/mol. The van der Waals surface area contributed by atoms with Gasteiger partial charge in [0.15, 0.2) is 11.6 Å². The lowest BCUT2D eigenvalue weighted by atomic mass is 10.2. The number of fused-ring (bicyclic) bond motifs is 1. The highest BCUT2D eigenvalue weighted by Gasteiger charge is 2.19. The van der Waals surface area contributed by atoms with Crippen LogP contribution in [-0.2, 0) is 4.79 Å². The van der Waals surface area contributed by atoms with Gasteiger partial charge in [-0.05, 0) is 43.3 Å². The number of aryl methyl sites for hydroxylation is 1. The second-order valence-corrected chi connectivity index (χ2v) is 6.45. The first-order valence-corrected chi connectivity index (χ1v) is 8.99. The quantitative estimate of drug-likeness (QED) is 0.523. The number of nitrogens with one attached hydrogen (secondary N) is 1. The molecule has 2 aromatic heterocycles. The first-order chi connectivity index (χ1) is 14.4. The zero-order valence-corrected chi connectivity index (χ0v) is 16.2. The Morgan fingerprint density at radius 2 is 1.90 bits per heavy atom. The van der Waals surface area contributed by atoms with Gasteiger partial charge in [-0.2, -0.15) is 0 Å². The lowest BCUT2D eigenvalue weighted by molar-refractivity contribution is -0.114. The minimum absolute atomic E-state index is 0.254. The van der Waals surface area contributed by atoms with E-state index >= 15 is 0 Å². The first-order valence-electron chi connectivity index (χ1n) is 8.99. The lowest BCUT2D eigenvalue weighted by Crippen LogP contribution is -2.31. The van der Waals surface area contributed by atoms with Crippen molar-refractivity contribution in [2.75, 3.05) is 10.2 Å². The van der Waals surface area contributed by atoms with E-state index in [9.17, 15) is 9.59 Å². The molecule has 0 saturated carbocycles. The molecule has 0 bridgehead atoms. The Labute approximate surface area is 170 Å². The van der Waals surface area contributed by atoms with Crippen LogP contribution < -0.4 is 20.8 Å². The van der Waals surface area contributed by atoms with Crippen LogP contribution in [0.2, 0.25) is 0 Å². The molecule has 10 nitrogen and oxygen atoms in total. The molecule has 4 rings (SSSR count). The van der Waals surface area contributed by atoms with E-state index in [4.69, 9.17) is 15.1 Å². The van der Waals surface area contributed by atoms with E-state index in [0.29, 0.717) is 28.2 Å². The summed E-state index contributed by atoms with van der Waals surface area (Å²) in [5, 5.41) is 6.49. The summed E-state index contributed by atoms with van der Waals surface area (Å²) in [4.78, 5) is 35.0. The zero-order chi connectivity index (χ0) is 21.3. The van der Waals surface area contributed by atoms with Crippen LogP contribution in [0.5, 0.6) is 5.75 Å². The summed E-state index contributed by atoms with van der Waals surface area (Å²) >= 11 is 0. The fraction of sp³-hybridized carbons (Fsp3) is 0.100. The number of carbonyl (C=O) groups is 2. The molecule has 3 N–H and O–H groups in total. The standard InChI is InChI=1S/C20H18N6O4/c1-12-11-18(24-29-12)25(19(21)28)14-7-9-15(10-8-14)30-26-17-6-4-3-5-16(17)23-20(26)22-13(2)27/h3-11H,1-2H3,(H2,21,28)(H,22,23,27). The second kappa shape index (κ2) is 7.59.